The van der Waals surface area contributed by atoms with Crippen LogP contribution in [0.4, 0.5) is 0 Å². The van der Waals surface area contributed by atoms with Gasteiger partial charge in [0.25, 0.3) is 0 Å². The van der Waals surface area contributed by atoms with Crippen molar-refractivity contribution in [1.29, 1.82) is 0 Å². The molecule has 19 heavy (non-hydrogen) atoms. The molecule has 0 aromatic heterocycles. The minimum absolute atomic E-state index is 0.0638. The molecule has 0 N–H and O–H groups in total. The standard InChI is InChI=1S/C18H20O/c1-17(2)13-14-18(19-17,15-9-5-3-6-10-15)16-11-7-4-8-12-16/h3-12H,13-14H2,1-2H3. The summed E-state index contributed by atoms with van der Waals surface area (Å²) in [5.41, 5.74) is 2.16. The van der Waals surface area contributed by atoms with Gasteiger partial charge in [-0.15, -0.1) is 0 Å². The lowest BCUT2D eigenvalue weighted by Crippen LogP contribution is -2.31. The van der Waals surface area contributed by atoms with E-state index in [1.807, 2.05) is 0 Å². The van der Waals surface area contributed by atoms with E-state index in [0.29, 0.717) is 0 Å². The van der Waals surface area contributed by atoms with Crippen LogP contribution in [0.1, 0.15) is 37.8 Å². The van der Waals surface area contributed by atoms with E-state index in [4.69, 9.17) is 4.74 Å². The summed E-state index contributed by atoms with van der Waals surface area (Å²) in [6.45, 7) is 4.36. The van der Waals surface area contributed by atoms with Gasteiger partial charge in [0, 0.05) is 0 Å². The number of benzene rings is 2. The van der Waals surface area contributed by atoms with Gasteiger partial charge >= 0.3 is 0 Å². The SMILES string of the molecule is CC1(C)CCC(c2ccccc2)(c2ccccc2)O1. The molecule has 0 bridgehead atoms. The molecule has 0 aliphatic carbocycles. The van der Waals surface area contributed by atoms with Crippen molar-refractivity contribution < 1.29 is 4.74 Å². The highest BCUT2D eigenvalue weighted by atomic mass is 16.5. The van der Waals surface area contributed by atoms with Gasteiger partial charge in [-0.05, 0) is 37.8 Å². The third-order valence-electron chi connectivity index (χ3n) is 4.01. The number of hydrogen-bond donors (Lipinski definition) is 0. The molecule has 1 heterocycles. The van der Waals surface area contributed by atoms with Crippen molar-refractivity contribution in [2.45, 2.75) is 37.9 Å². The lowest BCUT2D eigenvalue weighted by atomic mass is 9.83. The summed E-state index contributed by atoms with van der Waals surface area (Å²) >= 11 is 0. The Morgan fingerprint density at radius 2 is 1.21 bits per heavy atom. The molecule has 0 radical (unpaired) electrons. The van der Waals surface area contributed by atoms with Crippen molar-refractivity contribution in [1.82, 2.24) is 0 Å². The number of rotatable bonds is 2. The van der Waals surface area contributed by atoms with Crippen LogP contribution in [0.15, 0.2) is 60.7 Å². The van der Waals surface area contributed by atoms with Crippen LogP contribution >= 0.6 is 0 Å². The summed E-state index contributed by atoms with van der Waals surface area (Å²) < 4.78 is 6.51. The van der Waals surface area contributed by atoms with Crippen molar-refractivity contribution in [2.24, 2.45) is 0 Å². The van der Waals surface area contributed by atoms with E-state index in [1.165, 1.54) is 11.1 Å². The van der Waals surface area contributed by atoms with Gasteiger partial charge < -0.3 is 4.74 Å². The summed E-state index contributed by atoms with van der Waals surface area (Å²) in [6.07, 6.45) is 2.12. The third-order valence-corrected chi connectivity index (χ3v) is 4.01. The van der Waals surface area contributed by atoms with Crippen LogP contribution in [0.5, 0.6) is 0 Å². The molecule has 0 amide bonds. The first-order valence-corrected chi connectivity index (χ1v) is 6.94. The predicted octanol–water partition coefficient (Wildman–Crippen LogP) is 4.52. The number of ether oxygens (including phenoxy) is 1. The van der Waals surface area contributed by atoms with Gasteiger partial charge in [-0.2, -0.15) is 0 Å². The van der Waals surface area contributed by atoms with Crippen molar-refractivity contribution in [3.63, 3.8) is 0 Å². The van der Waals surface area contributed by atoms with Crippen molar-refractivity contribution in [3.8, 4) is 0 Å². The van der Waals surface area contributed by atoms with E-state index >= 15 is 0 Å². The molecule has 1 saturated heterocycles. The van der Waals surface area contributed by atoms with Crippen molar-refractivity contribution in [3.05, 3.63) is 71.8 Å². The molecule has 1 aliphatic heterocycles. The number of hydrogen-bond acceptors (Lipinski definition) is 1. The van der Waals surface area contributed by atoms with Gasteiger partial charge in [0.05, 0.1) is 5.60 Å². The van der Waals surface area contributed by atoms with E-state index in [1.54, 1.807) is 0 Å². The maximum absolute atomic E-state index is 6.51. The molecule has 1 nitrogen and oxygen atoms in total. The van der Waals surface area contributed by atoms with E-state index in [0.717, 1.165) is 12.8 Å². The first-order chi connectivity index (χ1) is 9.12. The lowest BCUT2D eigenvalue weighted by Gasteiger charge is -2.33. The zero-order chi connectivity index (χ0) is 13.3. The average Bonchev–Trinajstić information content (AvgIpc) is 2.78. The highest BCUT2D eigenvalue weighted by Gasteiger charge is 2.46. The largest absolute Gasteiger partial charge is 0.360 e. The summed E-state index contributed by atoms with van der Waals surface area (Å²) in [7, 11) is 0. The van der Waals surface area contributed by atoms with E-state index in [2.05, 4.69) is 74.5 Å². The van der Waals surface area contributed by atoms with Crippen LogP contribution in [0.3, 0.4) is 0 Å². The Balaban J connectivity index is 2.13. The maximum atomic E-state index is 6.51. The Morgan fingerprint density at radius 3 is 1.58 bits per heavy atom. The Bertz CT molecular complexity index is 503. The molecule has 0 saturated carbocycles. The van der Waals surface area contributed by atoms with Gasteiger partial charge in [0.1, 0.15) is 5.60 Å². The lowest BCUT2D eigenvalue weighted by molar-refractivity contribution is -0.0662. The molecule has 0 spiro atoms. The van der Waals surface area contributed by atoms with Crippen LogP contribution in [0, 0.1) is 0 Å². The monoisotopic (exact) mass is 252 g/mol. The maximum Gasteiger partial charge on any atom is 0.119 e. The van der Waals surface area contributed by atoms with Crippen LogP contribution in [-0.4, -0.2) is 5.60 Å². The second-order valence-corrected chi connectivity index (χ2v) is 5.92. The topological polar surface area (TPSA) is 9.23 Å². The molecule has 0 unspecified atom stereocenters. The van der Waals surface area contributed by atoms with Gasteiger partial charge in [-0.3, -0.25) is 0 Å². The molecule has 1 heteroatoms. The van der Waals surface area contributed by atoms with Gasteiger partial charge in [-0.25, -0.2) is 0 Å². The van der Waals surface area contributed by atoms with E-state index in [-0.39, 0.29) is 11.2 Å². The van der Waals surface area contributed by atoms with E-state index in [9.17, 15) is 0 Å². The second-order valence-electron chi connectivity index (χ2n) is 5.92. The third kappa shape index (κ3) is 2.19. The van der Waals surface area contributed by atoms with Crippen LogP contribution in [0.25, 0.3) is 0 Å². The molecule has 0 atom stereocenters. The second kappa shape index (κ2) is 4.50. The fourth-order valence-electron chi connectivity index (χ4n) is 3.04. The van der Waals surface area contributed by atoms with Gasteiger partial charge in [-0.1, -0.05) is 60.7 Å². The van der Waals surface area contributed by atoms with Gasteiger partial charge in [0.15, 0.2) is 0 Å². The van der Waals surface area contributed by atoms with E-state index < -0.39 is 0 Å². The first kappa shape index (κ1) is 12.4. The zero-order valence-corrected chi connectivity index (χ0v) is 11.6. The molecular formula is C18H20O. The highest BCUT2D eigenvalue weighted by molar-refractivity contribution is 5.37. The van der Waals surface area contributed by atoms with Crippen LogP contribution in [-0.2, 0) is 10.3 Å². The Labute approximate surface area is 115 Å². The Kier molecular flexibility index (Phi) is 2.94. The quantitative estimate of drug-likeness (QED) is 0.763. The molecule has 3 rings (SSSR count). The predicted molar refractivity (Wildman–Crippen MR) is 78.1 cm³/mol. The fourth-order valence-corrected chi connectivity index (χ4v) is 3.04. The zero-order valence-electron chi connectivity index (χ0n) is 11.6. The highest BCUT2D eigenvalue weighted by Crippen LogP contribution is 2.48. The van der Waals surface area contributed by atoms with Crippen LogP contribution in [0.2, 0.25) is 0 Å². The Hall–Kier alpha value is -1.60. The summed E-state index contributed by atoms with van der Waals surface area (Å²) in [6, 6.07) is 21.2. The van der Waals surface area contributed by atoms with Gasteiger partial charge in [0.2, 0.25) is 0 Å². The summed E-state index contributed by atoms with van der Waals surface area (Å²) in [5, 5.41) is 0. The summed E-state index contributed by atoms with van der Waals surface area (Å²) in [4.78, 5) is 0. The molecule has 98 valence electrons. The molecule has 1 fully saturated rings. The average molecular weight is 252 g/mol. The summed E-state index contributed by atoms with van der Waals surface area (Å²) in [5.74, 6) is 0. The molecule has 1 aliphatic rings. The molecule has 2 aromatic carbocycles. The minimum atomic E-state index is -0.286. The van der Waals surface area contributed by atoms with Crippen molar-refractivity contribution in [2.75, 3.05) is 0 Å². The van der Waals surface area contributed by atoms with Crippen LogP contribution < -0.4 is 0 Å². The Morgan fingerprint density at radius 1 is 0.737 bits per heavy atom. The fraction of sp³-hybridized carbons (Fsp3) is 0.333. The first-order valence-electron chi connectivity index (χ1n) is 6.94. The smallest absolute Gasteiger partial charge is 0.119 e. The molecular weight excluding hydrogens is 232 g/mol. The molecule has 2 aromatic rings. The van der Waals surface area contributed by atoms with Crippen molar-refractivity contribution >= 4 is 0 Å². The normalized spacial score (nSPS) is 20.3. The minimum Gasteiger partial charge on any atom is -0.360 e.